The lowest BCUT2D eigenvalue weighted by molar-refractivity contribution is 0.102. The molecule has 0 atom stereocenters. The van der Waals surface area contributed by atoms with E-state index in [4.69, 9.17) is 51.4 Å². The molecular weight excluding hydrogens is 963 g/mol. The summed E-state index contributed by atoms with van der Waals surface area (Å²) in [6.45, 7) is 8.30. The van der Waals surface area contributed by atoms with Gasteiger partial charge in [0.05, 0.1) is 17.0 Å². The molecule has 8 N–H and O–H groups in total. The zero-order valence-electron chi connectivity index (χ0n) is 37.0. The van der Waals surface area contributed by atoms with Crippen molar-refractivity contribution in [1.82, 2.24) is 25.3 Å². The van der Waals surface area contributed by atoms with Gasteiger partial charge in [-0.05, 0) is 100 Å². The van der Waals surface area contributed by atoms with Crippen molar-refractivity contribution in [2.24, 2.45) is 16.5 Å². The third-order valence-corrected chi connectivity index (χ3v) is 10.7. The summed E-state index contributed by atoms with van der Waals surface area (Å²) >= 11 is 19.6. The molecule has 7 rings (SSSR count). The number of aromatic amines is 2. The number of aliphatic hydroxyl groups is 1. The first kappa shape index (κ1) is 61.2. The second-order valence-corrected chi connectivity index (χ2v) is 20.3. The standard InChI is InChI=1S/C10H10N2O2S.C10H12N2S.C10H10N2S.C8H8OS.C4H10O.C2H8N2.CHCl3.CH4/c1-15(13,14)9-4-2-8(3-5-9)10-11-6-7-12-10;2*1-13-9-4-2-8(3-5-9)10-11-6-7-12-10;1-10-8-4-2-7(6-9)3-5-8;1-4(2,3)5;3-1-2-4;2-1(3)4;/h2-7H,1H3,(H,11,12);2-5H,6-7H2,1H3,(H,11,12);2-7H,1H3,(H,11,12);2-6H,1H3;5H,1-3H3;1-4H2;1H;1H4. The number of rotatable bonds is 9. The van der Waals surface area contributed by atoms with Crippen molar-refractivity contribution < 1.29 is 18.3 Å². The van der Waals surface area contributed by atoms with Crippen molar-refractivity contribution in [2.45, 2.75) is 57.7 Å². The minimum Gasteiger partial charge on any atom is -0.391 e. The van der Waals surface area contributed by atoms with Crippen LogP contribution < -0.4 is 16.8 Å². The van der Waals surface area contributed by atoms with Crippen LogP contribution in [-0.2, 0) is 9.84 Å². The fourth-order valence-corrected chi connectivity index (χ4v) is 6.33. The van der Waals surface area contributed by atoms with Gasteiger partial charge in [-0.3, -0.25) is 9.79 Å². The number of sulfone groups is 1. The van der Waals surface area contributed by atoms with E-state index in [1.165, 1.54) is 26.5 Å². The van der Waals surface area contributed by atoms with E-state index in [1.54, 1.807) is 98.9 Å². The van der Waals surface area contributed by atoms with Crippen LogP contribution in [0.3, 0.4) is 0 Å². The van der Waals surface area contributed by atoms with Crippen LogP contribution in [0.2, 0.25) is 0 Å². The number of aldehydes is 1. The van der Waals surface area contributed by atoms with E-state index in [1.807, 2.05) is 36.7 Å². The summed E-state index contributed by atoms with van der Waals surface area (Å²) in [7, 11) is -3.12. The van der Waals surface area contributed by atoms with Crippen LogP contribution in [0.4, 0.5) is 0 Å². The molecule has 1 aliphatic heterocycles. The topological polar surface area (TPSA) is 205 Å². The van der Waals surface area contributed by atoms with Crippen LogP contribution >= 0.6 is 70.1 Å². The number of aliphatic imine (C=N–C) groups is 1. The van der Waals surface area contributed by atoms with Crippen molar-refractivity contribution in [3.63, 3.8) is 0 Å². The Kier molecular flexibility index (Phi) is 32.5. The van der Waals surface area contributed by atoms with Crippen molar-refractivity contribution in [3.05, 3.63) is 133 Å². The maximum absolute atomic E-state index is 11.2. The molecule has 356 valence electrons. The molecule has 6 aromatic rings. The van der Waals surface area contributed by atoms with Gasteiger partial charge in [-0.2, -0.15) is 0 Å². The first-order chi connectivity index (χ1) is 30.4. The zero-order chi connectivity index (χ0) is 48.0. The summed E-state index contributed by atoms with van der Waals surface area (Å²) < 4.78 is 21.7. The highest BCUT2D eigenvalue weighted by Gasteiger charge is 2.08. The van der Waals surface area contributed by atoms with Gasteiger partial charge >= 0.3 is 0 Å². The number of nitrogens with zero attached hydrogens (tertiary/aromatic N) is 3. The lowest BCUT2D eigenvalue weighted by Crippen LogP contribution is -2.19. The molecule has 0 unspecified atom stereocenters. The summed E-state index contributed by atoms with van der Waals surface area (Å²) in [5, 5.41) is 11.8. The number of amidine groups is 1. The first-order valence-corrected chi connectivity index (χ1v) is 26.3. The molecule has 0 bridgehead atoms. The summed E-state index contributed by atoms with van der Waals surface area (Å²) in [5.74, 6) is 2.69. The molecule has 1 aliphatic rings. The van der Waals surface area contributed by atoms with Crippen molar-refractivity contribution in [2.75, 3.05) is 51.2 Å². The van der Waals surface area contributed by atoms with Gasteiger partial charge in [-0.1, -0.05) is 78.6 Å². The van der Waals surface area contributed by atoms with E-state index in [0.29, 0.717) is 18.0 Å². The van der Waals surface area contributed by atoms with Crippen LogP contribution in [0.5, 0.6) is 0 Å². The predicted molar refractivity (Wildman–Crippen MR) is 282 cm³/mol. The SMILES string of the molecule is C.CC(C)(C)O.CS(=O)(=O)c1ccc(-c2ncc[nH]2)cc1.CSc1ccc(-c2ncc[nH]2)cc1.CSc1ccc(C2=NCCN2)cc1.CSc1ccc(C=O)cc1.ClC(Cl)Cl.NCCN. The Morgan fingerprint density at radius 3 is 1.34 bits per heavy atom. The summed E-state index contributed by atoms with van der Waals surface area (Å²) in [5.41, 5.74) is 13.2. The molecule has 0 saturated heterocycles. The quantitative estimate of drug-likeness (QED) is 0.0455. The Morgan fingerprint density at radius 1 is 0.708 bits per heavy atom. The zero-order valence-corrected chi connectivity index (χ0v) is 42.5. The van der Waals surface area contributed by atoms with E-state index in [-0.39, 0.29) is 7.43 Å². The maximum atomic E-state index is 11.2. The lowest BCUT2D eigenvalue weighted by atomic mass is 10.2. The number of thioether (sulfide) groups is 3. The molecule has 0 fully saturated rings. The van der Waals surface area contributed by atoms with E-state index >= 15 is 0 Å². The second kappa shape index (κ2) is 34.5. The first-order valence-electron chi connectivity index (χ1n) is 19.4. The van der Waals surface area contributed by atoms with Crippen LogP contribution in [0.1, 0.15) is 44.1 Å². The smallest absolute Gasteiger partial charge is 0.180 e. The highest BCUT2D eigenvalue weighted by atomic mass is 35.6. The number of hydrogen-bond acceptors (Lipinski definition) is 13. The normalized spacial score (nSPS) is 11.1. The minimum absolute atomic E-state index is 0. The number of halogens is 3. The van der Waals surface area contributed by atoms with Crippen LogP contribution in [0.25, 0.3) is 22.8 Å². The average Bonchev–Trinajstić information content (AvgIpc) is 4.12. The van der Waals surface area contributed by atoms with Gasteiger partial charge in [0, 0.05) is 87.6 Å². The fraction of sp³-hybridized carbons (Fsp3) is 0.304. The number of H-pyrrole nitrogens is 2. The number of benzene rings is 4. The Morgan fingerprint density at radius 2 is 1.06 bits per heavy atom. The number of nitrogens with two attached hydrogens (primary N) is 2. The van der Waals surface area contributed by atoms with Gasteiger partial charge in [0.15, 0.2) is 14.1 Å². The number of hydrogen-bond donors (Lipinski definition) is 6. The third-order valence-electron chi connectivity index (χ3n) is 7.37. The number of imidazole rings is 2. The van der Waals surface area contributed by atoms with Gasteiger partial charge in [-0.25, -0.2) is 18.4 Å². The number of carbonyl (C=O) groups excluding carboxylic acids is 1. The Balaban J connectivity index is 0.000000771. The number of alkyl halides is 3. The summed E-state index contributed by atoms with van der Waals surface area (Å²) in [4.78, 5) is 32.9. The van der Waals surface area contributed by atoms with E-state index in [9.17, 15) is 13.2 Å². The average molecular weight is 1030 g/mol. The van der Waals surface area contributed by atoms with Crippen molar-refractivity contribution in [3.8, 4) is 22.8 Å². The largest absolute Gasteiger partial charge is 0.391 e. The molecule has 0 spiro atoms. The van der Waals surface area contributed by atoms with E-state index < -0.39 is 19.7 Å². The monoisotopic (exact) mass is 1020 g/mol. The molecule has 12 nitrogen and oxygen atoms in total. The molecule has 0 aliphatic carbocycles. The lowest BCUT2D eigenvalue weighted by Gasteiger charge is -2.04. The molecule has 3 heterocycles. The summed E-state index contributed by atoms with van der Waals surface area (Å²) in [6, 6.07) is 31.0. The number of nitrogens with one attached hydrogen (secondary N) is 3. The molecule has 0 saturated carbocycles. The molecular formula is C46H63Cl3N8O4S4. The Hall–Kier alpha value is -3.81. The van der Waals surface area contributed by atoms with Gasteiger partial charge in [0.2, 0.25) is 0 Å². The van der Waals surface area contributed by atoms with Crippen LogP contribution in [0.15, 0.2) is 146 Å². The predicted octanol–water partition coefficient (Wildman–Crippen LogP) is 10.6. The second-order valence-electron chi connectivity index (χ2n) is 13.7. The summed E-state index contributed by atoms with van der Waals surface area (Å²) in [6.07, 6.45) is 15.2. The Labute approximate surface area is 413 Å². The number of carbonyl (C=O) groups is 1. The highest BCUT2D eigenvalue weighted by Crippen LogP contribution is 2.21. The molecule has 2 aromatic heterocycles. The third kappa shape index (κ3) is 28.8. The highest BCUT2D eigenvalue weighted by molar-refractivity contribution is 7.99. The molecule has 65 heavy (non-hydrogen) atoms. The number of aromatic nitrogens is 4. The van der Waals surface area contributed by atoms with Gasteiger partial charge in [0.1, 0.15) is 23.8 Å². The van der Waals surface area contributed by atoms with Crippen molar-refractivity contribution >= 4 is 92.0 Å². The van der Waals surface area contributed by atoms with Gasteiger partial charge in [0.25, 0.3) is 0 Å². The van der Waals surface area contributed by atoms with Gasteiger partial charge in [-0.15, -0.1) is 35.3 Å². The van der Waals surface area contributed by atoms with Crippen LogP contribution in [0, 0.1) is 0 Å². The molecule has 0 radical (unpaired) electrons. The molecule has 4 aromatic carbocycles. The fourth-order valence-electron chi connectivity index (χ4n) is 4.48. The van der Waals surface area contributed by atoms with E-state index in [0.717, 1.165) is 53.6 Å². The maximum Gasteiger partial charge on any atom is 0.180 e. The molecule has 19 heteroatoms. The molecule has 0 amide bonds. The van der Waals surface area contributed by atoms with E-state index in [2.05, 4.69) is 91.3 Å². The van der Waals surface area contributed by atoms with Crippen molar-refractivity contribution in [1.29, 1.82) is 0 Å². The Bertz CT molecular complexity index is 2230. The van der Waals surface area contributed by atoms with Gasteiger partial charge < -0.3 is 31.9 Å². The minimum atomic E-state index is -3.12. The van der Waals surface area contributed by atoms with Crippen LogP contribution in [-0.4, -0.2) is 107 Å².